The number of fused-ring (bicyclic) bond motifs is 1. The lowest BCUT2D eigenvalue weighted by atomic mass is 10.0. The fourth-order valence-electron chi connectivity index (χ4n) is 3.13. The predicted octanol–water partition coefficient (Wildman–Crippen LogP) is 1.94. The number of hydrogen-bond acceptors (Lipinski definition) is 2. The van der Waals surface area contributed by atoms with Gasteiger partial charge < -0.3 is 10.1 Å². The van der Waals surface area contributed by atoms with Crippen LogP contribution in [0.25, 0.3) is 0 Å². The van der Waals surface area contributed by atoms with E-state index in [-0.39, 0.29) is 5.91 Å². The van der Waals surface area contributed by atoms with E-state index in [0.29, 0.717) is 18.3 Å². The van der Waals surface area contributed by atoms with Gasteiger partial charge in [0.25, 0.3) is 0 Å². The number of rotatable bonds is 4. The molecule has 3 rings (SSSR count). The smallest absolute Gasteiger partial charge is 0.220 e. The summed E-state index contributed by atoms with van der Waals surface area (Å²) in [7, 11) is 0. The normalized spacial score (nSPS) is 22.4. The molecule has 1 N–H and O–H groups in total. The van der Waals surface area contributed by atoms with Crippen molar-refractivity contribution in [3.05, 3.63) is 35.4 Å². The van der Waals surface area contributed by atoms with Crippen molar-refractivity contribution in [3.8, 4) is 0 Å². The Balaban J connectivity index is 1.44. The Labute approximate surface area is 114 Å². The van der Waals surface area contributed by atoms with Crippen LogP contribution in [-0.2, 0) is 22.4 Å². The number of amides is 1. The van der Waals surface area contributed by atoms with Crippen molar-refractivity contribution >= 4 is 5.91 Å². The highest BCUT2D eigenvalue weighted by Crippen LogP contribution is 2.28. The summed E-state index contributed by atoms with van der Waals surface area (Å²) < 4.78 is 5.31. The monoisotopic (exact) mass is 259 g/mol. The molecule has 1 amide bonds. The highest BCUT2D eigenvalue weighted by atomic mass is 16.5. The molecule has 2 aliphatic rings. The average Bonchev–Trinajstić information content (AvgIpc) is 3.04. The molecule has 3 heteroatoms. The van der Waals surface area contributed by atoms with Gasteiger partial charge in [-0.25, -0.2) is 0 Å². The van der Waals surface area contributed by atoms with Gasteiger partial charge in [0.1, 0.15) is 0 Å². The van der Waals surface area contributed by atoms with Crippen molar-refractivity contribution < 1.29 is 9.53 Å². The molecule has 0 saturated carbocycles. The lowest BCUT2D eigenvalue weighted by Gasteiger charge is -2.12. The minimum Gasteiger partial charge on any atom is -0.381 e. The van der Waals surface area contributed by atoms with Gasteiger partial charge >= 0.3 is 0 Å². The lowest BCUT2D eigenvalue weighted by molar-refractivity contribution is -0.122. The second-order valence-corrected chi connectivity index (χ2v) is 5.78. The van der Waals surface area contributed by atoms with E-state index in [9.17, 15) is 4.79 Å². The molecule has 1 saturated heterocycles. The highest BCUT2D eigenvalue weighted by Gasteiger charge is 2.23. The minimum atomic E-state index is 0.199. The predicted molar refractivity (Wildman–Crippen MR) is 73.9 cm³/mol. The van der Waals surface area contributed by atoms with Crippen LogP contribution >= 0.6 is 0 Å². The van der Waals surface area contributed by atoms with E-state index in [1.807, 2.05) is 0 Å². The molecule has 3 nitrogen and oxygen atoms in total. The summed E-state index contributed by atoms with van der Waals surface area (Å²) in [5.41, 5.74) is 2.84. The molecule has 1 fully saturated rings. The molecule has 1 aromatic carbocycles. The van der Waals surface area contributed by atoms with Crippen molar-refractivity contribution in [3.63, 3.8) is 0 Å². The molecule has 0 aromatic heterocycles. The Morgan fingerprint density at radius 1 is 1.21 bits per heavy atom. The molecule has 1 aliphatic heterocycles. The first-order valence-corrected chi connectivity index (χ1v) is 7.22. The number of benzene rings is 1. The first kappa shape index (κ1) is 12.7. The van der Waals surface area contributed by atoms with E-state index >= 15 is 0 Å². The van der Waals surface area contributed by atoms with Crippen molar-refractivity contribution in [1.29, 1.82) is 0 Å². The van der Waals surface area contributed by atoms with Crippen molar-refractivity contribution in [2.75, 3.05) is 19.8 Å². The molecule has 0 radical (unpaired) electrons. The zero-order valence-electron chi connectivity index (χ0n) is 11.2. The average molecular weight is 259 g/mol. The standard InChI is InChI=1S/C16H21NO2/c18-16(17-10-12-5-6-19-11-12)9-13-7-14-3-1-2-4-15(14)8-13/h1-4,12-13H,5-11H2,(H,17,18)/t12-/m1/s1. The summed E-state index contributed by atoms with van der Waals surface area (Å²) in [5.74, 6) is 1.20. The third-order valence-corrected chi connectivity index (χ3v) is 4.22. The zero-order valence-corrected chi connectivity index (χ0v) is 11.2. The number of carbonyl (C=O) groups excluding carboxylic acids is 1. The summed E-state index contributed by atoms with van der Waals surface area (Å²) in [5, 5.41) is 3.06. The molecular formula is C16H21NO2. The van der Waals surface area contributed by atoms with E-state index in [4.69, 9.17) is 4.74 Å². The Morgan fingerprint density at radius 2 is 1.95 bits per heavy atom. The van der Waals surface area contributed by atoms with Gasteiger partial charge in [0.15, 0.2) is 0 Å². The van der Waals surface area contributed by atoms with E-state index < -0.39 is 0 Å². The van der Waals surface area contributed by atoms with Crippen LogP contribution in [0.1, 0.15) is 24.0 Å². The summed E-state index contributed by atoms with van der Waals surface area (Å²) in [6, 6.07) is 8.54. The van der Waals surface area contributed by atoms with Crippen LogP contribution in [0.15, 0.2) is 24.3 Å². The minimum absolute atomic E-state index is 0.199. The largest absolute Gasteiger partial charge is 0.381 e. The van der Waals surface area contributed by atoms with Gasteiger partial charge in [-0.1, -0.05) is 24.3 Å². The van der Waals surface area contributed by atoms with Gasteiger partial charge in [-0.05, 0) is 36.3 Å². The van der Waals surface area contributed by atoms with Crippen molar-refractivity contribution in [2.24, 2.45) is 11.8 Å². The quantitative estimate of drug-likeness (QED) is 0.897. The zero-order chi connectivity index (χ0) is 13.1. The maximum Gasteiger partial charge on any atom is 0.220 e. The summed E-state index contributed by atoms with van der Waals surface area (Å²) in [4.78, 5) is 12.0. The van der Waals surface area contributed by atoms with E-state index in [1.165, 1.54) is 11.1 Å². The van der Waals surface area contributed by atoms with E-state index in [1.54, 1.807) is 0 Å². The van der Waals surface area contributed by atoms with Crippen LogP contribution in [0.2, 0.25) is 0 Å². The number of carbonyl (C=O) groups is 1. The van der Waals surface area contributed by atoms with E-state index in [0.717, 1.165) is 39.0 Å². The molecule has 102 valence electrons. The number of nitrogens with one attached hydrogen (secondary N) is 1. The molecular weight excluding hydrogens is 238 g/mol. The molecule has 1 aromatic rings. The van der Waals surface area contributed by atoms with Crippen LogP contribution in [-0.4, -0.2) is 25.7 Å². The third-order valence-electron chi connectivity index (χ3n) is 4.22. The van der Waals surface area contributed by atoms with Crippen LogP contribution in [0, 0.1) is 11.8 Å². The third kappa shape index (κ3) is 3.16. The molecule has 1 heterocycles. The number of ether oxygens (including phenoxy) is 1. The summed E-state index contributed by atoms with van der Waals surface area (Å²) in [6.07, 6.45) is 3.84. The molecule has 1 atom stereocenters. The molecule has 0 unspecified atom stereocenters. The van der Waals surface area contributed by atoms with Crippen LogP contribution < -0.4 is 5.32 Å². The molecule has 1 aliphatic carbocycles. The van der Waals surface area contributed by atoms with Gasteiger partial charge in [-0.15, -0.1) is 0 Å². The van der Waals surface area contributed by atoms with Gasteiger partial charge in [0.05, 0.1) is 6.61 Å². The lowest BCUT2D eigenvalue weighted by Crippen LogP contribution is -2.30. The first-order chi connectivity index (χ1) is 9.31. The molecule has 0 spiro atoms. The SMILES string of the molecule is O=C(CC1Cc2ccccc2C1)NC[C@H]1CCOC1. The van der Waals surface area contributed by atoms with Gasteiger partial charge in [0, 0.05) is 25.5 Å². The first-order valence-electron chi connectivity index (χ1n) is 7.22. The summed E-state index contributed by atoms with van der Waals surface area (Å²) >= 11 is 0. The van der Waals surface area contributed by atoms with E-state index in [2.05, 4.69) is 29.6 Å². The summed E-state index contributed by atoms with van der Waals surface area (Å²) in [6.45, 7) is 2.42. The topological polar surface area (TPSA) is 38.3 Å². The Bertz CT molecular complexity index is 427. The Hall–Kier alpha value is -1.35. The second kappa shape index (κ2) is 5.74. The highest BCUT2D eigenvalue weighted by molar-refractivity contribution is 5.76. The van der Waals surface area contributed by atoms with Crippen LogP contribution in [0.5, 0.6) is 0 Å². The fraction of sp³-hybridized carbons (Fsp3) is 0.562. The van der Waals surface area contributed by atoms with Crippen molar-refractivity contribution in [2.45, 2.75) is 25.7 Å². The Morgan fingerprint density at radius 3 is 2.58 bits per heavy atom. The maximum absolute atomic E-state index is 12.0. The number of hydrogen-bond donors (Lipinski definition) is 1. The molecule has 0 bridgehead atoms. The van der Waals surface area contributed by atoms with Gasteiger partial charge in [-0.2, -0.15) is 0 Å². The van der Waals surface area contributed by atoms with Crippen LogP contribution in [0.3, 0.4) is 0 Å². The van der Waals surface area contributed by atoms with Gasteiger partial charge in [0.2, 0.25) is 5.91 Å². The fourth-order valence-corrected chi connectivity index (χ4v) is 3.13. The van der Waals surface area contributed by atoms with Gasteiger partial charge in [-0.3, -0.25) is 4.79 Å². The van der Waals surface area contributed by atoms with Crippen LogP contribution in [0.4, 0.5) is 0 Å². The van der Waals surface area contributed by atoms with Crippen molar-refractivity contribution in [1.82, 2.24) is 5.32 Å². The molecule has 19 heavy (non-hydrogen) atoms. The second-order valence-electron chi connectivity index (χ2n) is 5.78. The maximum atomic E-state index is 12.0. The Kier molecular flexibility index (Phi) is 3.83.